The van der Waals surface area contributed by atoms with Crippen LogP contribution in [0.4, 0.5) is 11.5 Å². The second kappa shape index (κ2) is 7.02. The van der Waals surface area contributed by atoms with Crippen molar-refractivity contribution in [2.24, 2.45) is 5.73 Å². The average molecular weight is 443 g/mol. The SMILES string of the molecule is NC(=O)c1c(Nc2ccc(Cl)cc2)nn2c(-c3ccc(Br)cc3)ccnc12. The molecule has 0 atom stereocenters. The van der Waals surface area contributed by atoms with Crippen molar-refractivity contribution in [3.8, 4) is 11.3 Å². The lowest BCUT2D eigenvalue weighted by Crippen LogP contribution is -2.13. The number of rotatable bonds is 4. The molecule has 0 bridgehead atoms. The summed E-state index contributed by atoms with van der Waals surface area (Å²) in [7, 11) is 0. The van der Waals surface area contributed by atoms with Crippen molar-refractivity contribution in [1.29, 1.82) is 0 Å². The van der Waals surface area contributed by atoms with Gasteiger partial charge in [-0.1, -0.05) is 39.7 Å². The van der Waals surface area contributed by atoms with Gasteiger partial charge in [0.1, 0.15) is 5.56 Å². The van der Waals surface area contributed by atoms with E-state index in [0.29, 0.717) is 16.5 Å². The van der Waals surface area contributed by atoms with Crippen molar-refractivity contribution < 1.29 is 4.79 Å². The van der Waals surface area contributed by atoms with Gasteiger partial charge in [-0.05, 0) is 42.5 Å². The lowest BCUT2D eigenvalue weighted by Gasteiger charge is -2.04. The summed E-state index contributed by atoms with van der Waals surface area (Å²) in [6.07, 6.45) is 1.63. The highest BCUT2D eigenvalue weighted by Gasteiger charge is 2.21. The molecule has 2 aromatic heterocycles. The molecule has 3 N–H and O–H groups in total. The third-order valence-corrected chi connectivity index (χ3v) is 4.79. The van der Waals surface area contributed by atoms with Gasteiger partial charge in [0.05, 0.1) is 5.69 Å². The van der Waals surface area contributed by atoms with Crippen LogP contribution in [-0.4, -0.2) is 20.5 Å². The highest BCUT2D eigenvalue weighted by atomic mass is 79.9. The summed E-state index contributed by atoms with van der Waals surface area (Å²) in [5, 5.41) is 8.28. The largest absolute Gasteiger partial charge is 0.365 e. The zero-order valence-corrected chi connectivity index (χ0v) is 16.2. The van der Waals surface area contributed by atoms with Crippen LogP contribution < -0.4 is 11.1 Å². The maximum absolute atomic E-state index is 12.1. The van der Waals surface area contributed by atoms with E-state index in [2.05, 4.69) is 31.3 Å². The molecule has 0 aliphatic carbocycles. The Bertz CT molecular complexity index is 1140. The van der Waals surface area contributed by atoms with E-state index in [9.17, 15) is 4.79 Å². The fourth-order valence-corrected chi connectivity index (χ4v) is 3.16. The van der Waals surface area contributed by atoms with Crippen molar-refractivity contribution in [2.75, 3.05) is 5.32 Å². The molecule has 0 aliphatic heterocycles. The monoisotopic (exact) mass is 441 g/mol. The van der Waals surface area contributed by atoms with Gasteiger partial charge in [-0.15, -0.1) is 5.10 Å². The van der Waals surface area contributed by atoms with Gasteiger partial charge in [-0.3, -0.25) is 4.79 Å². The first-order chi connectivity index (χ1) is 13.0. The number of halogens is 2. The Balaban J connectivity index is 1.88. The fourth-order valence-electron chi connectivity index (χ4n) is 2.77. The molecule has 0 radical (unpaired) electrons. The summed E-state index contributed by atoms with van der Waals surface area (Å²) in [6.45, 7) is 0. The predicted octanol–water partition coefficient (Wildman–Crippen LogP) is 4.65. The van der Waals surface area contributed by atoms with E-state index in [-0.39, 0.29) is 5.56 Å². The fraction of sp³-hybridized carbons (Fsp3) is 0. The van der Waals surface area contributed by atoms with Crippen LogP contribution in [0, 0.1) is 0 Å². The van der Waals surface area contributed by atoms with E-state index < -0.39 is 5.91 Å². The number of nitrogens with one attached hydrogen (secondary N) is 1. The zero-order valence-electron chi connectivity index (χ0n) is 13.9. The van der Waals surface area contributed by atoms with Crippen LogP contribution in [0.5, 0.6) is 0 Å². The number of aromatic nitrogens is 3. The van der Waals surface area contributed by atoms with Crippen LogP contribution in [0.2, 0.25) is 5.02 Å². The number of primary amides is 1. The molecule has 0 spiro atoms. The van der Waals surface area contributed by atoms with Crippen LogP contribution in [0.25, 0.3) is 16.9 Å². The van der Waals surface area contributed by atoms with E-state index >= 15 is 0 Å². The molecule has 134 valence electrons. The number of anilines is 2. The standard InChI is InChI=1S/C19H13BrClN5O/c20-12-3-1-11(2-4-12)15-9-10-23-19-16(17(22)27)18(25-26(15)19)24-14-7-5-13(21)6-8-14/h1-10H,(H2,22,27)(H,24,25). The van der Waals surface area contributed by atoms with Crippen molar-refractivity contribution in [2.45, 2.75) is 0 Å². The summed E-state index contributed by atoms with van der Waals surface area (Å²) < 4.78 is 2.58. The molecule has 6 nitrogen and oxygen atoms in total. The normalized spacial score (nSPS) is 10.9. The second-order valence-corrected chi connectivity index (χ2v) is 7.14. The smallest absolute Gasteiger partial charge is 0.256 e. The highest BCUT2D eigenvalue weighted by Crippen LogP contribution is 2.28. The lowest BCUT2D eigenvalue weighted by molar-refractivity contribution is 0.100. The third kappa shape index (κ3) is 3.39. The van der Waals surface area contributed by atoms with E-state index in [4.69, 9.17) is 17.3 Å². The molecule has 0 saturated heterocycles. The number of benzene rings is 2. The van der Waals surface area contributed by atoms with Crippen LogP contribution in [0.3, 0.4) is 0 Å². The number of hydrogen-bond donors (Lipinski definition) is 2. The molecular weight excluding hydrogens is 430 g/mol. The number of nitrogens with zero attached hydrogens (tertiary/aromatic N) is 3. The molecule has 0 saturated carbocycles. The topological polar surface area (TPSA) is 85.3 Å². The van der Waals surface area contributed by atoms with Gasteiger partial charge < -0.3 is 11.1 Å². The van der Waals surface area contributed by atoms with Crippen molar-refractivity contribution in [3.63, 3.8) is 0 Å². The first-order valence-corrected chi connectivity index (χ1v) is 9.16. The van der Waals surface area contributed by atoms with E-state index in [1.54, 1.807) is 35.0 Å². The van der Waals surface area contributed by atoms with Gasteiger partial charge in [0.15, 0.2) is 11.5 Å². The number of fused-ring (bicyclic) bond motifs is 1. The van der Waals surface area contributed by atoms with E-state index in [0.717, 1.165) is 21.4 Å². The summed E-state index contributed by atoms with van der Waals surface area (Å²) in [6, 6.07) is 16.7. The average Bonchev–Trinajstić information content (AvgIpc) is 3.02. The predicted molar refractivity (Wildman–Crippen MR) is 109 cm³/mol. The Hall–Kier alpha value is -2.90. The lowest BCUT2D eigenvalue weighted by atomic mass is 10.1. The van der Waals surface area contributed by atoms with Gasteiger partial charge in [0.2, 0.25) is 0 Å². The molecule has 4 aromatic rings. The van der Waals surface area contributed by atoms with Crippen molar-refractivity contribution in [1.82, 2.24) is 14.6 Å². The molecule has 4 rings (SSSR count). The summed E-state index contributed by atoms with van der Waals surface area (Å²) in [4.78, 5) is 16.4. The number of hydrogen-bond acceptors (Lipinski definition) is 4. The maximum atomic E-state index is 12.1. The Morgan fingerprint density at radius 3 is 2.44 bits per heavy atom. The minimum Gasteiger partial charge on any atom is -0.365 e. The number of carbonyl (C=O) groups excluding carboxylic acids is 1. The Morgan fingerprint density at radius 2 is 1.78 bits per heavy atom. The summed E-state index contributed by atoms with van der Waals surface area (Å²) >= 11 is 9.35. The van der Waals surface area contributed by atoms with Gasteiger partial charge in [-0.2, -0.15) is 0 Å². The summed E-state index contributed by atoms with van der Waals surface area (Å²) in [5.41, 5.74) is 8.68. The van der Waals surface area contributed by atoms with Gasteiger partial charge in [0.25, 0.3) is 5.91 Å². The Morgan fingerprint density at radius 1 is 1.07 bits per heavy atom. The molecule has 0 unspecified atom stereocenters. The van der Waals surface area contributed by atoms with Crippen LogP contribution in [0.15, 0.2) is 65.3 Å². The first kappa shape index (κ1) is 17.5. The number of amides is 1. The van der Waals surface area contributed by atoms with E-state index in [1.165, 1.54) is 0 Å². The van der Waals surface area contributed by atoms with Gasteiger partial charge in [-0.25, -0.2) is 9.50 Å². The molecule has 2 aromatic carbocycles. The molecule has 27 heavy (non-hydrogen) atoms. The molecule has 1 amide bonds. The van der Waals surface area contributed by atoms with Crippen LogP contribution >= 0.6 is 27.5 Å². The summed E-state index contributed by atoms with van der Waals surface area (Å²) in [5.74, 6) is -0.274. The Labute approximate surface area is 168 Å². The molecule has 8 heteroatoms. The number of carbonyl (C=O) groups is 1. The minimum absolute atomic E-state index is 0.226. The quantitative estimate of drug-likeness (QED) is 0.481. The minimum atomic E-state index is -0.609. The molecular formula is C19H13BrClN5O. The Kier molecular flexibility index (Phi) is 4.55. The third-order valence-electron chi connectivity index (χ3n) is 4.01. The van der Waals surface area contributed by atoms with Crippen molar-refractivity contribution >= 4 is 50.6 Å². The zero-order chi connectivity index (χ0) is 19.0. The van der Waals surface area contributed by atoms with Gasteiger partial charge >= 0.3 is 0 Å². The maximum Gasteiger partial charge on any atom is 0.256 e. The molecule has 0 aliphatic rings. The van der Waals surface area contributed by atoms with Crippen LogP contribution in [-0.2, 0) is 0 Å². The molecule has 0 fully saturated rings. The first-order valence-electron chi connectivity index (χ1n) is 7.99. The second-order valence-electron chi connectivity index (χ2n) is 5.79. The number of nitrogens with two attached hydrogens (primary N) is 1. The molecule has 2 heterocycles. The highest BCUT2D eigenvalue weighted by molar-refractivity contribution is 9.10. The van der Waals surface area contributed by atoms with Crippen LogP contribution in [0.1, 0.15) is 10.4 Å². The van der Waals surface area contributed by atoms with Gasteiger partial charge in [0, 0.05) is 26.9 Å². The van der Waals surface area contributed by atoms with E-state index in [1.807, 2.05) is 30.3 Å². The van der Waals surface area contributed by atoms with Crippen molar-refractivity contribution in [3.05, 3.63) is 75.9 Å².